The molecule has 10 heavy (non-hydrogen) atoms. The summed E-state index contributed by atoms with van der Waals surface area (Å²) in [6.45, 7) is 0. The zero-order valence-electron chi connectivity index (χ0n) is 4.67. The van der Waals surface area contributed by atoms with Gasteiger partial charge in [-0.1, -0.05) is 0 Å². The van der Waals surface area contributed by atoms with Gasteiger partial charge in [0.15, 0.2) is 6.19 Å². The van der Waals surface area contributed by atoms with Crippen molar-refractivity contribution in [2.45, 2.75) is 0 Å². The highest BCUT2D eigenvalue weighted by Gasteiger charge is 1.95. The maximum absolute atomic E-state index is 12.0. The van der Waals surface area contributed by atoms with E-state index in [0.717, 1.165) is 0 Å². The molecule has 0 unspecified atom stereocenters. The maximum Gasteiger partial charge on any atom is 0.314 e. The second kappa shape index (κ2) is 2.68. The van der Waals surface area contributed by atoms with E-state index in [1.165, 1.54) is 6.19 Å². The summed E-state index contributed by atoms with van der Waals surface area (Å²) in [5.41, 5.74) is 0. The van der Waals surface area contributed by atoms with Crippen molar-refractivity contribution in [3.63, 3.8) is 0 Å². The van der Waals surface area contributed by atoms with Crippen molar-refractivity contribution < 1.29 is 4.39 Å². The quantitative estimate of drug-likeness (QED) is 0.426. The van der Waals surface area contributed by atoms with Crippen molar-refractivity contribution in [1.29, 1.82) is 5.26 Å². The number of halogens is 1. The van der Waals surface area contributed by atoms with Gasteiger partial charge in [0.1, 0.15) is 0 Å². The third kappa shape index (κ3) is 1.35. The zero-order chi connectivity index (χ0) is 7.40. The molecular weight excluding hydrogens is 137 g/mol. The first-order valence-electron chi connectivity index (χ1n) is 2.25. The molecule has 0 spiro atoms. The van der Waals surface area contributed by atoms with Crippen molar-refractivity contribution in [3.05, 3.63) is 12.4 Å². The highest BCUT2D eigenvalue weighted by Crippen LogP contribution is 1.92. The highest BCUT2D eigenvalue weighted by molar-refractivity contribution is 5.26. The summed E-state index contributed by atoms with van der Waals surface area (Å²) in [6.07, 6.45) is 2.52. The van der Waals surface area contributed by atoms with Gasteiger partial charge in [0.2, 0.25) is 12.3 Å². The molecule has 1 aromatic rings. The van der Waals surface area contributed by atoms with E-state index >= 15 is 0 Å². The van der Waals surface area contributed by atoms with Crippen LogP contribution in [0.2, 0.25) is 0 Å². The molecule has 6 heteroatoms. The molecule has 49 valence electrons. The first-order valence-corrected chi connectivity index (χ1v) is 2.25. The largest absolute Gasteiger partial charge is 0.314 e. The molecule has 0 atom stereocenters. The number of hydrogen-bond donors (Lipinski definition) is 1. The lowest BCUT2D eigenvalue weighted by Crippen LogP contribution is -1.99. The Morgan fingerprint density at radius 2 is 2.40 bits per heavy atom. The second-order valence-electron chi connectivity index (χ2n) is 1.26. The van der Waals surface area contributed by atoms with E-state index in [0.29, 0.717) is 0 Å². The number of nitrogens with zero attached hydrogens (tertiary/aromatic N) is 4. The fourth-order valence-electron chi connectivity index (χ4n) is 0.357. The van der Waals surface area contributed by atoms with Crippen LogP contribution in [0, 0.1) is 23.9 Å². The van der Waals surface area contributed by atoms with E-state index in [-0.39, 0.29) is 5.95 Å². The molecule has 1 N–H and O–H groups in total. The molecule has 0 aliphatic rings. The van der Waals surface area contributed by atoms with Crippen LogP contribution in [0.15, 0.2) is 0 Å². The molecule has 1 rings (SSSR count). The summed E-state index contributed by atoms with van der Waals surface area (Å²) in [5.74, 6) is -0.144. The van der Waals surface area contributed by atoms with Gasteiger partial charge in [-0.2, -0.15) is 24.6 Å². The van der Waals surface area contributed by atoms with Gasteiger partial charge in [-0.15, -0.1) is 0 Å². The minimum Gasteiger partial charge on any atom is -0.260 e. The molecule has 0 amide bonds. The molecule has 0 fully saturated rings. The van der Waals surface area contributed by atoms with E-state index in [1.807, 2.05) is 11.6 Å². The minimum atomic E-state index is -0.965. The fraction of sp³-hybridized carbons (Fsp3) is 0. The van der Waals surface area contributed by atoms with E-state index in [2.05, 4.69) is 15.0 Å². The van der Waals surface area contributed by atoms with Gasteiger partial charge >= 0.3 is 6.08 Å². The molecule has 0 bridgehead atoms. The van der Waals surface area contributed by atoms with Gasteiger partial charge in [0, 0.05) is 0 Å². The van der Waals surface area contributed by atoms with Crippen LogP contribution in [0.1, 0.15) is 0 Å². The number of hydrogen-bond acceptors (Lipinski definition) is 5. The van der Waals surface area contributed by atoms with Crippen molar-refractivity contribution in [1.82, 2.24) is 15.0 Å². The highest BCUT2D eigenvalue weighted by atomic mass is 19.1. The number of anilines is 1. The zero-order valence-corrected chi connectivity index (χ0v) is 4.67. The van der Waals surface area contributed by atoms with Crippen LogP contribution < -0.4 is 5.32 Å². The Balaban J connectivity index is 2.87. The average Bonchev–Trinajstić information content (AvgIpc) is 1.88. The lowest BCUT2D eigenvalue weighted by Gasteiger charge is -1.89. The van der Waals surface area contributed by atoms with Gasteiger partial charge in [-0.05, 0) is 0 Å². The molecule has 1 aromatic heterocycles. The van der Waals surface area contributed by atoms with Gasteiger partial charge in [0.25, 0.3) is 0 Å². The lowest BCUT2D eigenvalue weighted by molar-refractivity contribution is 0.533. The number of aromatic nitrogens is 3. The van der Waals surface area contributed by atoms with E-state index in [9.17, 15) is 4.39 Å². The summed E-state index contributed by atoms with van der Waals surface area (Å²) in [5, 5.41) is 10.0. The predicted molar refractivity (Wildman–Crippen MR) is 27.9 cm³/mol. The second-order valence-corrected chi connectivity index (χ2v) is 1.26. The smallest absolute Gasteiger partial charge is 0.260 e. The van der Waals surface area contributed by atoms with Gasteiger partial charge < -0.3 is 0 Å². The first kappa shape index (κ1) is 6.35. The third-order valence-corrected chi connectivity index (χ3v) is 0.664. The Labute approximate surface area is 55.6 Å². The summed E-state index contributed by atoms with van der Waals surface area (Å²) >= 11 is 0. The van der Waals surface area contributed by atoms with Crippen LogP contribution in [0.25, 0.3) is 0 Å². The summed E-state index contributed by atoms with van der Waals surface area (Å²) in [7, 11) is 0. The maximum atomic E-state index is 12.0. The van der Waals surface area contributed by atoms with Crippen molar-refractivity contribution >= 4 is 5.95 Å². The Kier molecular flexibility index (Phi) is 1.70. The number of nitriles is 1. The standard InChI is InChI=1S/C4HFN5/c5-3-8-2-9-4(10-3)7-1-6/h(H,7,8,9,10). The molecule has 0 aliphatic carbocycles. The van der Waals surface area contributed by atoms with Crippen LogP contribution in [0.4, 0.5) is 10.3 Å². The Morgan fingerprint density at radius 1 is 1.60 bits per heavy atom. The molecule has 1 heterocycles. The van der Waals surface area contributed by atoms with Crippen LogP contribution in [-0.2, 0) is 0 Å². The van der Waals surface area contributed by atoms with Crippen molar-refractivity contribution in [2.24, 2.45) is 0 Å². The minimum absolute atomic E-state index is 0.144. The molecule has 0 aromatic carbocycles. The van der Waals surface area contributed by atoms with Crippen molar-refractivity contribution in [3.8, 4) is 6.19 Å². The Bertz CT molecular complexity index is 267. The normalized spacial score (nSPS) is 8.40. The Morgan fingerprint density at radius 3 is 3.00 bits per heavy atom. The van der Waals surface area contributed by atoms with E-state index in [1.54, 1.807) is 0 Å². The van der Waals surface area contributed by atoms with Gasteiger partial charge in [-0.25, -0.2) is 0 Å². The molecule has 0 saturated carbocycles. The van der Waals surface area contributed by atoms with Gasteiger partial charge in [0.05, 0.1) is 0 Å². The summed E-state index contributed by atoms with van der Waals surface area (Å²) < 4.78 is 12.0. The first-order chi connectivity index (χ1) is 4.83. The average molecular weight is 138 g/mol. The molecule has 0 aliphatic heterocycles. The van der Waals surface area contributed by atoms with E-state index < -0.39 is 6.08 Å². The molecule has 0 saturated heterocycles. The van der Waals surface area contributed by atoms with Crippen LogP contribution in [-0.4, -0.2) is 15.0 Å². The topological polar surface area (TPSA) is 74.5 Å². The van der Waals surface area contributed by atoms with Crippen molar-refractivity contribution in [2.75, 3.05) is 5.32 Å². The van der Waals surface area contributed by atoms with Crippen LogP contribution >= 0.6 is 0 Å². The summed E-state index contributed by atoms with van der Waals surface area (Å²) in [4.78, 5) is 9.38. The predicted octanol–water partition coefficient (Wildman–Crippen LogP) is -0.296. The van der Waals surface area contributed by atoms with Crippen LogP contribution in [0.5, 0.6) is 0 Å². The molecular formula is C4HFN5. The van der Waals surface area contributed by atoms with Gasteiger partial charge in [-0.3, -0.25) is 5.32 Å². The number of nitrogens with one attached hydrogen (secondary N) is 1. The molecule has 1 radical (unpaired) electrons. The third-order valence-electron chi connectivity index (χ3n) is 0.664. The Hall–Kier alpha value is -1.77. The fourth-order valence-corrected chi connectivity index (χ4v) is 0.357. The number of rotatable bonds is 1. The SMILES string of the molecule is N#CNc1n[c]nc(F)n1. The summed E-state index contributed by atoms with van der Waals surface area (Å²) in [6, 6.07) is 0. The van der Waals surface area contributed by atoms with E-state index in [4.69, 9.17) is 5.26 Å². The monoisotopic (exact) mass is 138 g/mol. The lowest BCUT2D eigenvalue weighted by atomic mass is 10.9. The molecule has 5 nitrogen and oxygen atoms in total. The van der Waals surface area contributed by atoms with Crippen LogP contribution in [0.3, 0.4) is 0 Å².